The normalized spacial score (nSPS) is 18.9. The van der Waals surface area contributed by atoms with E-state index in [9.17, 15) is 18.0 Å². The van der Waals surface area contributed by atoms with Crippen molar-refractivity contribution in [3.05, 3.63) is 46.7 Å². The van der Waals surface area contributed by atoms with Crippen molar-refractivity contribution in [2.75, 3.05) is 25.0 Å². The molecule has 3 rings (SSSR count). The molecule has 0 aliphatic carbocycles. The molecule has 1 fully saturated rings. The van der Waals surface area contributed by atoms with Crippen LogP contribution in [-0.2, 0) is 0 Å². The highest BCUT2D eigenvalue weighted by molar-refractivity contribution is 5.88. The van der Waals surface area contributed by atoms with Crippen molar-refractivity contribution < 1.29 is 27.2 Å². The molecule has 180 valence electrons. The Morgan fingerprint density at radius 2 is 2.15 bits per heavy atom. The summed E-state index contributed by atoms with van der Waals surface area (Å²) >= 11 is 0. The molecule has 2 amide bonds. The Bertz CT molecular complexity index is 1000. The third kappa shape index (κ3) is 7.00. The molecule has 2 aromatic rings. The molecule has 9 heteroatoms. The number of urea groups is 1. The van der Waals surface area contributed by atoms with E-state index < -0.39 is 18.5 Å². The summed E-state index contributed by atoms with van der Waals surface area (Å²) in [7, 11) is 0. The maximum Gasteiger partial charge on any atom is 0.389 e. The lowest BCUT2D eigenvalue weighted by Crippen LogP contribution is -2.42. The van der Waals surface area contributed by atoms with E-state index >= 15 is 0 Å². The summed E-state index contributed by atoms with van der Waals surface area (Å²) in [6.45, 7) is 8.39. The fourth-order valence-corrected chi connectivity index (χ4v) is 3.76. The van der Waals surface area contributed by atoms with Crippen LogP contribution in [0.2, 0.25) is 0 Å². The van der Waals surface area contributed by atoms with Gasteiger partial charge in [0.05, 0.1) is 12.3 Å². The molecule has 1 saturated heterocycles. The molecule has 2 atom stereocenters. The Labute approximate surface area is 191 Å². The zero-order valence-electron chi connectivity index (χ0n) is 19.3. The number of halogens is 3. The van der Waals surface area contributed by atoms with Crippen LogP contribution in [0.5, 0.6) is 5.75 Å². The number of anilines is 1. The average Bonchev–Trinajstić information content (AvgIpc) is 3.05. The first-order valence-corrected chi connectivity index (χ1v) is 11.0. The molecular weight excluding hydrogens is 435 g/mol. The van der Waals surface area contributed by atoms with Crippen molar-refractivity contribution in [3.8, 4) is 5.75 Å². The third-order valence-electron chi connectivity index (χ3n) is 5.79. The second kappa shape index (κ2) is 10.3. The fourth-order valence-electron chi connectivity index (χ4n) is 3.76. The number of piperidine rings is 1. The quantitative estimate of drug-likeness (QED) is 0.550. The van der Waals surface area contributed by atoms with Crippen LogP contribution >= 0.6 is 0 Å². The highest BCUT2D eigenvalue weighted by Gasteiger charge is 2.30. The van der Waals surface area contributed by atoms with Crippen LogP contribution in [0.3, 0.4) is 0 Å². The van der Waals surface area contributed by atoms with Crippen LogP contribution in [0.1, 0.15) is 43.5 Å². The first kappa shape index (κ1) is 24.7. The van der Waals surface area contributed by atoms with Gasteiger partial charge < -0.3 is 14.2 Å². The Morgan fingerprint density at radius 1 is 1.39 bits per heavy atom. The molecule has 0 radical (unpaired) electrons. The Balaban J connectivity index is 1.57. The van der Waals surface area contributed by atoms with E-state index in [0.717, 1.165) is 23.2 Å². The number of carbonyl (C=O) groups is 1. The van der Waals surface area contributed by atoms with Crippen molar-refractivity contribution in [2.24, 2.45) is 11.8 Å². The lowest BCUT2D eigenvalue weighted by molar-refractivity contribution is -0.145. The topological polar surface area (TPSA) is 67.6 Å². The zero-order valence-corrected chi connectivity index (χ0v) is 19.3. The van der Waals surface area contributed by atoms with Crippen LogP contribution in [0.15, 0.2) is 34.4 Å². The van der Waals surface area contributed by atoms with E-state index in [1.54, 1.807) is 11.0 Å². The van der Waals surface area contributed by atoms with Crippen LogP contribution in [0.25, 0.3) is 6.08 Å². The van der Waals surface area contributed by atoms with Gasteiger partial charge in [0.2, 0.25) is 5.88 Å². The van der Waals surface area contributed by atoms with E-state index in [4.69, 9.17) is 9.26 Å². The van der Waals surface area contributed by atoms with Gasteiger partial charge in [-0.3, -0.25) is 5.32 Å². The second-order valence-electron chi connectivity index (χ2n) is 8.78. The number of hydrogen-bond donors (Lipinski definition) is 1. The van der Waals surface area contributed by atoms with E-state index in [-0.39, 0.29) is 18.6 Å². The van der Waals surface area contributed by atoms with Crippen LogP contribution in [0, 0.1) is 25.7 Å². The maximum absolute atomic E-state index is 12.6. The number of carbonyl (C=O) groups excluding carboxylic acids is 1. The molecular formula is C24H30F3N3O3. The van der Waals surface area contributed by atoms with Crippen molar-refractivity contribution in [1.29, 1.82) is 0 Å². The number of aromatic nitrogens is 1. The summed E-state index contributed by atoms with van der Waals surface area (Å²) in [5.41, 5.74) is 3.67. The van der Waals surface area contributed by atoms with Gasteiger partial charge in [0.15, 0.2) is 0 Å². The number of nitrogens with zero attached hydrogens (tertiary/aromatic N) is 2. The molecule has 1 aromatic carbocycles. The zero-order chi connectivity index (χ0) is 24.2. The third-order valence-corrected chi connectivity index (χ3v) is 5.79. The molecule has 1 aromatic heterocycles. The number of rotatable bonds is 6. The van der Waals surface area contributed by atoms with Crippen molar-refractivity contribution >= 4 is 18.0 Å². The second-order valence-corrected chi connectivity index (χ2v) is 8.78. The number of benzene rings is 1. The van der Waals surface area contributed by atoms with Gasteiger partial charge >= 0.3 is 12.2 Å². The first-order valence-electron chi connectivity index (χ1n) is 11.0. The van der Waals surface area contributed by atoms with Gasteiger partial charge in [-0.1, -0.05) is 42.8 Å². The smallest absolute Gasteiger partial charge is 0.389 e. The number of alkyl halides is 3. The molecule has 0 bridgehead atoms. The van der Waals surface area contributed by atoms with Gasteiger partial charge in [-0.05, 0) is 49.8 Å². The number of aryl methyl sites for hydroxylation is 1. The van der Waals surface area contributed by atoms with Gasteiger partial charge in [-0.25, -0.2) is 4.79 Å². The minimum Gasteiger partial charge on any atom is -0.493 e. The van der Waals surface area contributed by atoms with Gasteiger partial charge in [0.25, 0.3) is 0 Å². The Kier molecular flexibility index (Phi) is 7.71. The summed E-state index contributed by atoms with van der Waals surface area (Å²) in [6.07, 6.45) is -2.27. The van der Waals surface area contributed by atoms with Gasteiger partial charge in [-0.2, -0.15) is 13.2 Å². The monoisotopic (exact) mass is 465 g/mol. The first-order chi connectivity index (χ1) is 15.5. The molecule has 0 spiro atoms. The summed E-state index contributed by atoms with van der Waals surface area (Å²) in [5, 5.41) is 6.64. The largest absolute Gasteiger partial charge is 0.493 e. The van der Waals surface area contributed by atoms with E-state index in [1.165, 1.54) is 12.5 Å². The highest BCUT2D eigenvalue weighted by atomic mass is 19.4. The lowest BCUT2D eigenvalue weighted by atomic mass is 9.91. The van der Waals surface area contributed by atoms with Crippen molar-refractivity contribution in [2.45, 2.75) is 46.7 Å². The summed E-state index contributed by atoms with van der Waals surface area (Å²) < 4.78 is 48.2. The minimum absolute atomic E-state index is 0.00416. The average molecular weight is 466 g/mol. The molecule has 33 heavy (non-hydrogen) atoms. The number of nitrogens with one attached hydrogen (secondary N) is 1. The van der Waals surface area contributed by atoms with Crippen molar-refractivity contribution in [1.82, 2.24) is 10.1 Å². The molecule has 2 unspecified atom stereocenters. The summed E-state index contributed by atoms with van der Waals surface area (Å²) in [5.74, 6) is 0.444. The van der Waals surface area contributed by atoms with Crippen molar-refractivity contribution in [3.63, 3.8) is 0 Å². The summed E-state index contributed by atoms with van der Waals surface area (Å²) in [6, 6.07) is 7.11. The molecule has 0 saturated carbocycles. The number of ether oxygens (including phenoxy) is 1. The van der Waals surface area contributed by atoms with Crippen LogP contribution in [0.4, 0.5) is 23.8 Å². The number of likely N-dealkylation sites (tertiary alicyclic amines) is 1. The number of amides is 2. The predicted octanol–water partition coefficient (Wildman–Crippen LogP) is 6.22. The standard InChI is InChI=1S/C24H30F3N3O3/c1-15(12-24(25,26)27)14-32-21-7-5-6-19(11-21)10-20-8-9-30(13-16(20)2)23(31)28-22-17(3)18(4)29-33-22/h5-7,10-11,15-16H,8-9,12-14H2,1-4H3,(H,28,31)/b20-10+. The van der Waals surface area contributed by atoms with Crippen LogP contribution < -0.4 is 10.1 Å². The maximum atomic E-state index is 12.6. The predicted molar refractivity (Wildman–Crippen MR) is 120 cm³/mol. The SMILES string of the molecule is Cc1noc(NC(=O)N2CC/C(=C\c3cccc(OCC(C)CC(F)(F)F)c3)C(C)C2)c1C. The van der Waals surface area contributed by atoms with Gasteiger partial charge in [0, 0.05) is 25.1 Å². The molecule has 2 heterocycles. The highest BCUT2D eigenvalue weighted by Crippen LogP contribution is 2.28. The summed E-state index contributed by atoms with van der Waals surface area (Å²) in [4.78, 5) is 14.4. The van der Waals surface area contributed by atoms with E-state index in [1.807, 2.05) is 32.0 Å². The van der Waals surface area contributed by atoms with Gasteiger partial charge in [-0.15, -0.1) is 0 Å². The van der Waals surface area contributed by atoms with Gasteiger partial charge in [0.1, 0.15) is 5.75 Å². The Morgan fingerprint density at radius 3 is 2.79 bits per heavy atom. The Hall–Kier alpha value is -2.97. The number of hydrogen-bond acceptors (Lipinski definition) is 4. The molecule has 1 aliphatic rings. The van der Waals surface area contributed by atoms with E-state index in [2.05, 4.69) is 23.5 Å². The minimum atomic E-state index is -4.19. The lowest BCUT2D eigenvalue weighted by Gasteiger charge is -2.33. The fraction of sp³-hybridized carbons (Fsp3) is 0.500. The molecule has 1 aliphatic heterocycles. The van der Waals surface area contributed by atoms with E-state index in [0.29, 0.717) is 24.7 Å². The molecule has 6 nitrogen and oxygen atoms in total. The molecule has 1 N–H and O–H groups in total. The van der Waals surface area contributed by atoms with Crippen LogP contribution in [-0.4, -0.2) is 42.0 Å².